The van der Waals surface area contributed by atoms with E-state index < -0.39 is 31.6 Å². The van der Waals surface area contributed by atoms with Gasteiger partial charge >= 0.3 is 11.0 Å². The fourth-order valence-corrected chi connectivity index (χ4v) is 3.91. The molecule has 0 aliphatic carbocycles. The minimum atomic E-state index is -6.09. The Hall–Kier alpha value is -1.33. The van der Waals surface area contributed by atoms with Gasteiger partial charge < -0.3 is 4.55 Å². The number of aryl methyl sites for hydroxylation is 1. The molecule has 1 aromatic heterocycles. The second-order valence-electron chi connectivity index (χ2n) is 4.55. The normalized spacial score (nSPS) is 13.6. The van der Waals surface area contributed by atoms with Crippen LogP contribution in [0.15, 0.2) is 30.3 Å². The smallest absolute Gasteiger partial charge is 0.600 e. The van der Waals surface area contributed by atoms with Gasteiger partial charge in [0.15, 0.2) is 19.7 Å². The molecule has 2 aromatic rings. The highest BCUT2D eigenvalue weighted by atomic mass is 32.2. The number of halogens is 6. The van der Waals surface area contributed by atoms with Gasteiger partial charge in [0.05, 0.1) is 10.5 Å². The minimum Gasteiger partial charge on any atom is -0.741 e. The summed E-state index contributed by atoms with van der Waals surface area (Å²) in [4.78, 5) is 0.524. The summed E-state index contributed by atoms with van der Waals surface area (Å²) >= 11 is 0. The zero-order chi connectivity index (χ0) is 18.8. The summed E-state index contributed by atoms with van der Waals surface area (Å²) in [5.74, 6) is 0. The second-order valence-corrected chi connectivity index (χ2v) is 7.96. The quantitative estimate of drug-likeness (QED) is 0.309. The van der Waals surface area contributed by atoms with Crippen LogP contribution in [0.5, 0.6) is 0 Å². The third kappa shape index (κ3) is 5.08. The Bertz CT molecular complexity index is 790. The number of alkyl halides is 6. The lowest BCUT2D eigenvalue weighted by Gasteiger charge is -2.08. The SMILES string of the molecule is CCCc1cc2ccccc2[s+]1C(F)(F)F.O=S(=O)([O-])C(F)(F)F. The summed E-state index contributed by atoms with van der Waals surface area (Å²) in [6.07, 6.45) is 1.27. The van der Waals surface area contributed by atoms with Gasteiger partial charge in [0.25, 0.3) is 0 Å². The van der Waals surface area contributed by atoms with Gasteiger partial charge in [-0.25, -0.2) is 8.42 Å². The first-order valence-electron chi connectivity index (χ1n) is 6.42. The van der Waals surface area contributed by atoms with Crippen molar-refractivity contribution in [3.05, 3.63) is 35.2 Å². The highest BCUT2D eigenvalue weighted by Crippen LogP contribution is 2.51. The van der Waals surface area contributed by atoms with Crippen LogP contribution >= 0.6 is 10.5 Å². The second kappa shape index (κ2) is 7.28. The predicted octanol–water partition coefficient (Wildman–Crippen LogP) is 5.07. The van der Waals surface area contributed by atoms with Gasteiger partial charge in [-0.05, 0) is 18.6 Å². The van der Waals surface area contributed by atoms with Crippen LogP contribution in [0.2, 0.25) is 0 Å². The van der Waals surface area contributed by atoms with Crippen molar-refractivity contribution in [3.8, 4) is 0 Å². The van der Waals surface area contributed by atoms with Crippen molar-refractivity contribution in [1.29, 1.82) is 0 Å². The molecule has 0 radical (unpaired) electrons. The van der Waals surface area contributed by atoms with Gasteiger partial charge in [-0.15, -0.1) is 13.2 Å². The van der Waals surface area contributed by atoms with Crippen molar-refractivity contribution in [1.82, 2.24) is 0 Å². The molecule has 3 nitrogen and oxygen atoms in total. The van der Waals surface area contributed by atoms with E-state index in [1.54, 1.807) is 30.3 Å². The molecular weight excluding hydrogens is 382 g/mol. The van der Waals surface area contributed by atoms with Crippen LogP contribution in [0.4, 0.5) is 26.3 Å². The van der Waals surface area contributed by atoms with Gasteiger partial charge in [0, 0.05) is 17.9 Å². The van der Waals surface area contributed by atoms with E-state index in [4.69, 9.17) is 13.0 Å². The molecule has 0 aliphatic rings. The fourth-order valence-electron chi connectivity index (χ4n) is 1.85. The average Bonchev–Trinajstić information content (AvgIpc) is 2.75. The third-order valence-electron chi connectivity index (χ3n) is 2.73. The Balaban J connectivity index is 0.000000307. The van der Waals surface area contributed by atoms with E-state index in [0.717, 1.165) is 11.8 Å². The number of hydrogen-bond donors (Lipinski definition) is 0. The molecular formula is C13H12F6O3S2. The van der Waals surface area contributed by atoms with Crippen LogP contribution in [0.3, 0.4) is 0 Å². The van der Waals surface area contributed by atoms with Crippen LogP contribution in [-0.4, -0.2) is 18.5 Å². The summed E-state index contributed by atoms with van der Waals surface area (Å²) in [6, 6.07) is 8.50. The van der Waals surface area contributed by atoms with Gasteiger partial charge in [-0.2, -0.15) is 13.2 Å². The van der Waals surface area contributed by atoms with Crippen molar-refractivity contribution < 1.29 is 39.3 Å². The Morgan fingerprint density at radius 1 is 1.08 bits per heavy atom. The molecule has 0 aliphatic heterocycles. The maximum Gasteiger partial charge on any atom is 0.600 e. The summed E-state index contributed by atoms with van der Waals surface area (Å²) < 4.78 is 98.3. The van der Waals surface area contributed by atoms with E-state index in [1.165, 1.54) is 0 Å². The number of benzene rings is 1. The average molecular weight is 394 g/mol. The zero-order valence-corrected chi connectivity index (χ0v) is 13.7. The molecule has 0 saturated carbocycles. The molecule has 11 heteroatoms. The molecule has 1 heterocycles. The third-order valence-corrected chi connectivity index (χ3v) is 5.42. The van der Waals surface area contributed by atoms with E-state index in [0.29, 0.717) is 16.0 Å². The largest absolute Gasteiger partial charge is 0.741 e. The van der Waals surface area contributed by atoms with E-state index in [1.807, 2.05) is 6.92 Å². The first-order valence-corrected chi connectivity index (χ1v) is 9.05. The molecule has 2 rings (SSSR count). The first kappa shape index (κ1) is 20.7. The summed E-state index contributed by atoms with van der Waals surface area (Å²) in [6.45, 7) is 1.90. The minimum absolute atomic E-state index is 0.429. The molecule has 0 saturated heterocycles. The lowest BCUT2D eigenvalue weighted by Crippen LogP contribution is -2.21. The van der Waals surface area contributed by atoms with Crippen LogP contribution in [0.1, 0.15) is 18.2 Å². The Morgan fingerprint density at radius 3 is 2.00 bits per heavy atom. The first-order chi connectivity index (χ1) is 10.8. The van der Waals surface area contributed by atoms with E-state index >= 15 is 0 Å². The van der Waals surface area contributed by atoms with Crippen LogP contribution in [-0.2, 0) is 22.0 Å². The highest BCUT2D eigenvalue weighted by molar-refractivity contribution is 7.86. The maximum atomic E-state index is 13.0. The van der Waals surface area contributed by atoms with Crippen LogP contribution < -0.4 is 0 Å². The molecule has 0 N–H and O–H groups in total. The summed E-state index contributed by atoms with van der Waals surface area (Å²) in [5.41, 5.74) is -9.79. The maximum absolute atomic E-state index is 13.0. The predicted molar refractivity (Wildman–Crippen MR) is 77.5 cm³/mol. The van der Waals surface area contributed by atoms with E-state index in [2.05, 4.69) is 0 Å². The van der Waals surface area contributed by atoms with Gasteiger partial charge in [0.1, 0.15) is 0 Å². The fraction of sp³-hybridized carbons (Fsp3) is 0.385. The van der Waals surface area contributed by atoms with Crippen LogP contribution in [0, 0.1) is 0 Å². The molecule has 1 atom stereocenters. The molecule has 1 aromatic carbocycles. The number of hydrogen-bond acceptors (Lipinski definition) is 3. The van der Waals surface area contributed by atoms with Crippen molar-refractivity contribution in [2.45, 2.75) is 30.8 Å². The van der Waals surface area contributed by atoms with Crippen molar-refractivity contribution >= 4 is 30.7 Å². The lowest BCUT2D eigenvalue weighted by atomic mass is 10.2. The van der Waals surface area contributed by atoms with Crippen molar-refractivity contribution in [2.24, 2.45) is 0 Å². The topological polar surface area (TPSA) is 57.2 Å². The number of fused-ring (bicyclic) bond motifs is 1. The summed E-state index contributed by atoms with van der Waals surface area (Å²) in [5, 5.41) is 0.728. The van der Waals surface area contributed by atoms with Crippen LogP contribution in [0.25, 0.3) is 10.1 Å². The highest BCUT2D eigenvalue weighted by Gasteiger charge is 2.47. The Labute approximate surface area is 136 Å². The molecule has 0 amide bonds. The van der Waals surface area contributed by atoms with Gasteiger partial charge in [-0.1, -0.05) is 19.1 Å². The molecule has 24 heavy (non-hydrogen) atoms. The number of thiophene rings is 1. The van der Waals surface area contributed by atoms with E-state index in [9.17, 15) is 26.3 Å². The van der Waals surface area contributed by atoms with E-state index in [-0.39, 0.29) is 0 Å². The van der Waals surface area contributed by atoms with Gasteiger partial charge in [0.2, 0.25) is 0 Å². The lowest BCUT2D eigenvalue weighted by molar-refractivity contribution is -0.0867. The molecule has 0 spiro atoms. The molecule has 136 valence electrons. The Morgan fingerprint density at radius 2 is 1.58 bits per heavy atom. The van der Waals surface area contributed by atoms with Crippen molar-refractivity contribution in [3.63, 3.8) is 0 Å². The zero-order valence-electron chi connectivity index (χ0n) is 12.1. The van der Waals surface area contributed by atoms with Gasteiger partial charge in [-0.3, -0.25) is 0 Å². The summed E-state index contributed by atoms with van der Waals surface area (Å²) in [7, 11) is -7.79. The molecule has 0 bridgehead atoms. The number of rotatable bonds is 2. The monoisotopic (exact) mass is 394 g/mol. The molecule has 0 fully saturated rings. The van der Waals surface area contributed by atoms with Crippen molar-refractivity contribution in [2.75, 3.05) is 0 Å². The Kier molecular flexibility index (Phi) is 6.28. The standard InChI is InChI=1S/C12H12F3S.CHF3O3S/c1-2-5-10-8-9-6-3-4-7-11(9)16(10)12(13,14)15;2-1(3,4)8(5,6)7/h3-4,6-8H,2,5H2,1H3;(H,5,6,7)/q+1;/p-1. The molecule has 1 unspecified atom stereocenters.